The van der Waals surface area contributed by atoms with Gasteiger partial charge in [-0.15, -0.1) is 0 Å². The topological polar surface area (TPSA) is 62.3 Å². The number of imide groups is 1. The van der Waals surface area contributed by atoms with E-state index in [-0.39, 0.29) is 30.3 Å². The Kier molecular flexibility index (Phi) is 2.96. The number of urea groups is 1. The highest BCUT2D eigenvalue weighted by molar-refractivity contribution is 6.08. The summed E-state index contributed by atoms with van der Waals surface area (Å²) in [5.41, 5.74) is 0.467. The van der Waals surface area contributed by atoms with Gasteiger partial charge in [0.2, 0.25) is 0 Å². The number of nitrogens with one attached hydrogen (secondary N) is 1. The second-order valence-electron chi connectivity index (χ2n) is 7.38. The minimum Gasteiger partial charge on any atom is -0.323 e. The Labute approximate surface area is 144 Å². The first kappa shape index (κ1) is 14.8. The molecular weight excluding hydrogens is 321 g/mol. The Hall–Kier alpha value is -2.50. The molecule has 0 unspecified atom stereocenters. The van der Waals surface area contributed by atoms with Crippen LogP contribution in [0.25, 0.3) is 10.9 Å². The van der Waals surface area contributed by atoms with Gasteiger partial charge in [0.25, 0.3) is 5.91 Å². The molecule has 2 aliphatic carbocycles. The third kappa shape index (κ3) is 2.16. The molecule has 0 spiro atoms. The molecule has 1 saturated heterocycles. The summed E-state index contributed by atoms with van der Waals surface area (Å²) < 4.78 is 14.0. The predicted octanol–water partition coefficient (Wildman–Crippen LogP) is 2.98. The maximum Gasteiger partial charge on any atom is 0.325 e. The number of hydrogen-bond acceptors (Lipinski definition) is 3. The molecule has 3 fully saturated rings. The second-order valence-corrected chi connectivity index (χ2v) is 7.38. The summed E-state index contributed by atoms with van der Waals surface area (Å²) in [5.74, 6) is -0.0262. The third-order valence-electron chi connectivity index (χ3n) is 5.68. The van der Waals surface area contributed by atoms with Crippen molar-refractivity contribution in [3.63, 3.8) is 0 Å². The molecule has 1 aromatic carbocycles. The van der Waals surface area contributed by atoms with E-state index in [1.165, 1.54) is 17.0 Å². The van der Waals surface area contributed by atoms with Crippen molar-refractivity contribution in [1.82, 2.24) is 15.2 Å². The van der Waals surface area contributed by atoms with Gasteiger partial charge in [0.15, 0.2) is 0 Å². The molecule has 128 valence electrons. The lowest BCUT2D eigenvalue weighted by molar-refractivity contribution is -0.133. The first-order chi connectivity index (χ1) is 12.1. The van der Waals surface area contributed by atoms with E-state index >= 15 is 0 Å². The van der Waals surface area contributed by atoms with Crippen LogP contribution in [0.15, 0.2) is 30.5 Å². The lowest BCUT2D eigenvalue weighted by atomic mass is 9.87. The molecule has 0 bridgehead atoms. The van der Waals surface area contributed by atoms with E-state index in [1.807, 2.05) is 0 Å². The maximum atomic E-state index is 14.0. The maximum absolute atomic E-state index is 14.0. The highest BCUT2D eigenvalue weighted by Gasteiger charge is 2.65. The van der Waals surface area contributed by atoms with Gasteiger partial charge in [-0.2, -0.15) is 0 Å². The molecule has 2 saturated carbocycles. The molecular formula is C19H18FN3O2. The lowest BCUT2D eigenvalue weighted by Gasteiger charge is -2.26. The number of pyridine rings is 1. The Balaban J connectivity index is 1.52. The van der Waals surface area contributed by atoms with Gasteiger partial charge in [-0.1, -0.05) is 6.07 Å². The zero-order valence-corrected chi connectivity index (χ0v) is 13.7. The molecule has 2 aromatic rings. The summed E-state index contributed by atoms with van der Waals surface area (Å²) in [7, 11) is 0. The van der Waals surface area contributed by atoms with Crippen LogP contribution >= 0.6 is 0 Å². The average molecular weight is 339 g/mol. The van der Waals surface area contributed by atoms with E-state index < -0.39 is 11.4 Å². The molecule has 1 aromatic heterocycles. The van der Waals surface area contributed by atoms with Crippen LogP contribution in [-0.2, 0) is 11.3 Å². The van der Waals surface area contributed by atoms with Crippen molar-refractivity contribution in [2.45, 2.75) is 37.8 Å². The van der Waals surface area contributed by atoms with Gasteiger partial charge in [0.05, 0.1) is 12.1 Å². The normalized spacial score (nSPS) is 22.5. The number of amides is 3. The smallest absolute Gasteiger partial charge is 0.323 e. The minimum atomic E-state index is -0.715. The van der Waals surface area contributed by atoms with E-state index in [9.17, 15) is 14.0 Å². The standard InChI is InChI=1S/C19H18FN3O2/c20-15-8-11-2-1-7-21-16(11)12(9-15)10-23-17(24)19(13-3-4-13,14-5-6-14)22-18(23)25/h1-2,7-9,13-14H,3-6,10H2,(H,22,25). The van der Waals surface area contributed by atoms with Crippen LogP contribution in [0.5, 0.6) is 0 Å². The minimum absolute atomic E-state index is 0.0527. The number of carbonyl (C=O) groups is 2. The molecule has 0 radical (unpaired) electrons. The quantitative estimate of drug-likeness (QED) is 0.871. The van der Waals surface area contributed by atoms with Gasteiger partial charge in [0.1, 0.15) is 11.4 Å². The van der Waals surface area contributed by atoms with Gasteiger partial charge >= 0.3 is 6.03 Å². The Bertz CT molecular complexity index is 893. The number of nitrogens with zero attached hydrogens (tertiary/aromatic N) is 2. The number of rotatable bonds is 4. The van der Waals surface area contributed by atoms with Gasteiger partial charge in [-0.05, 0) is 55.7 Å². The first-order valence-corrected chi connectivity index (χ1v) is 8.77. The summed E-state index contributed by atoms with van der Waals surface area (Å²) in [4.78, 5) is 31.3. The fraction of sp³-hybridized carbons (Fsp3) is 0.421. The molecule has 0 atom stereocenters. The zero-order valence-electron chi connectivity index (χ0n) is 13.7. The Morgan fingerprint density at radius 2 is 1.92 bits per heavy atom. The van der Waals surface area contributed by atoms with Gasteiger partial charge in [-0.3, -0.25) is 14.7 Å². The van der Waals surface area contributed by atoms with Crippen molar-refractivity contribution in [1.29, 1.82) is 0 Å². The van der Waals surface area contributed by atoms with Crippen LogP contribution < -0.4 is 5.32 Å². The summed E-state index contributed by atoms with van der Waals surface area (Å²) in [5, 5.41) is 3.66. The summed E-state index contributed by atoms with van der Waals surface area (Å²) in [6, 6.07) is 5.93. The van der Waals surface area contributed by atoms with Gasteiger partial charge in [-0.25, -0.2) is 9.18 Å². The summed E-state index contributed by atoms with van der Waals surface area (Å²) in [6.45, 7) is 0.0527. The summed E-state index contributed by atoms with van der Waals surface area (Å²) >= 11 is 0. The van der Waals surface area contributed by atoms with Crippen molar-refractivity contribution in [2.24, 2.45) is 11.8 Å². The fourth-order valence-electron chi connectivity index (χ4n) is 4.24. The van der Waals surface area contributed by atoms with Crippen molar-refractivity contribution in [3.05, 3.63) is 41.8 Å². The predicted molar refractivity (Wildman–Crippen MR) is 89.0 cm³/mol. The van der Waals surface area contributed by atoms with Crippen LogP contribution in [-0.4, -0.2) is 27.4 Å². The van der Waals surface area contributed by atoms with Crippen molar-refractivity contribution in [3.8, 4) is 0 Å². The molecule has 3 aliphatic rings. The second kappa shape index (κ2) is 5.00. The van der Waals surface area contributed by atoms with Crippen molar-refractivity contribution in [2.75, 3.05) is 0 Å². The zero-order chi connectivity index (χ0) is 17.2. The number of hydrogen-bond donors (Lipinski definition) is 1. The number of aromatic nitrogens is 1. The Morgan fingerprint density at radius 3 is 2.60 bits per heavy atom. The van der Waals surface area contributed by atoms with E-state index in [4.69, 9.17) is 0 Å². The molecule has 25 heavy (non-hydrogen) atoms. The van der Waals surface area contributed by atoms with E-state index in [0.29, 0.717) is 16.5 Å². The highest BCUT2D eigenvalue weighted by Crippen LogP contribution is 2.54. The van der Waals surface area contributed by atoms with E-state index in [0.717, 1.165) is 25.7 Å². The number of halogens is 1. The Morgan fingerprint density at radius 1 is 1.20 bits per heavy atom. The van der Waals surface area contributed by atoms with Crippen LogP contribution in [0.4, 0.5) is 9.18 Å². The average Bonchev–Trinajstić information content (AvgIpc) is 3.48. The van der Waals surface area contributed by atoms with Crippen molar-refractivity contribution < 1.29 is 14.0 Å². The lowest BCUT2D eigenvalue weighted by Crippen LogP contribution is -2.51. The van der Waals surface area contributed by atoms with Crippen LogP contribution in [0.3, 0.4) is 0 Å². The fourth-order valence-corrected chi connectivity index (χ4v) is 4.24. The highest BCUT2D eigenvalue weighted by atomic mass is 19.1. The molecule has 6 heteroatoms. The molecule has 5 rings (SSSR count). The number of carbonyl (C=O) groups excluding carboxylic acids is 2. The molecule has 3 amide bonds. The first-order valence-electron chi connectivity index (χ1n) is 8.77. The van der Waals surface area contributed by atoms with Crippen LogP contribution in [0, 0.1) is 17.7 Å². The SMILES string of the molecule is O=C1NC(C2CC2)(C2CC2)C(=O)N1Cc1cc(F)cc2cccnc12. The van der Waals surface area contributed by atoms with E-state index in [2.05, 4.69) is 10.3 Å². The van der Waals surface area contributed by atoms with Crippen LogP contribution in [0.1, 0.15) is 31.2 Å². The van der Waals surface area contributed by atoms with Gasteiger partial charge < -0.3 is 5.32 Å². The molecule has 1 N–H and O–H groups in total. The number of benzene rings is 1. The van der Waals surface area contributed by atoms with Gasteiger partial charge in [0, 0.05) is 17.1 Å². The molecule has 2 heterocycles. The van der Waals surface area contributed by atoms with Crippen molar-refractivity contribution >= 4 is 22.8 Å². The summed E-state index contributed by atoms with van der Waals surface area (Å²) in [6.07, 6.45) is 5.58. The monoisotopic (exact) mass is 339 g/mol. The number of fused-ring (bicyclic) bond motifs is 1. The molecule has 1 aliphatic heterocycles. The third-order valence-corrected chi connectivity index (χ3v) is 5.68. The largest absolute Gasteiger partial charge is 0.325 e. The molecule has 5 nitrogen and oxygen atoms in total. The van der Waals surface area contributed by atoms with Crippen LogP contribution in [0.2, 0.25) is 0 Å². The van der Waals surface area contributed by atoms with E-state index in [1.54, 1.807) is 18.3 Å².